The van der Waals surface area contributed by atoms with E-state index in [9.17, 15) is 14.4 Å². The van der Waals surface area contributed by atoms with Gasteiger partial charge in [0.05, 0.1) is 16.9 Å². The van der Waals surface area contributed by atoms with E-state index < -0.39 is 5.25 Å². The number of piperidine rings is 1. The van der Waals surface area contributed by atoms with Crippen molar-refractivity contribution in [2.75, 3.05) is 24.2 Å². The molecule has 1 saturated heterocycles. The first kappa shape index (κ1) is 22.7. The molecule has 1 aromatic rings. The second-order valence-corrected chi connectivity index (χ2v) is 9.62. The average Bonchev–Trinajstić information content (AvgIpc) is 3.17. The van der Waals surface area contributed by atoms with Crippen LogP contribution in [0, 0.1) is 12.8 Å². The lowest BCUT2D eigenvalue weighted by Gasteiger charge is -2.33. The molecule has 2 unspecified atom stereocenters. The molecule has 2 heterocycles. The third-order valence-electron chi connectivity index (χ3n) is 5.80. The van der Waals surface area contributed by atoms with Gasteiger partial charge in [-0.2, -0.15) is 0 Å². The lowest BCUT2D eigenvalue weighted by molar-refractivity contribution is -0.134. The van der Waals surface area contributed by atoms with Crippen LogP contribution in [0.1, 0.15) is 57.6 Å². The fraction of sp³-hybridized carbons (Fsp3) is 0.714. The van der Waals surface area contributed by atoms with E-state index >= 15 is 0 Å². The van der Waals surface area contributed by atoms with Gasteiger partial charge in [0.25, 0.3) is 0 Å². The normalized spacial score (nSPS) is 21.1. The average molecular weight is 437 g/mol. The number of rotatable bonds is 7. The molecule has 2 N–H and O–H groups in total. The summed E-state index contributed by atoms with van der Waals surface area (Å²) in [5, 5.41) is 9.22. The topological polar surface area (TPSA) is 105 Å². The van der Waals surface area contributed by atoms with Gasteiger partial charge in [-0.15, -0.1) is 11.8 Å². The number of anilines is 1. The van der Waals surface area contributed by atoms with Crippen molar-refractivity contribution < 1.29 is 18.9 Å². The number of carbonyl (C=O) groups excluding carboxylic acids is 3. The summed E-state index contributed by atoms with van der Waals surface area (Å²) in [6.45, 7) is 4.65. The molecule has 2 atom stereocenters. The van der Waals surface area contributed by atoms with Gasteiger partial charge < -0.3 is 20.1 Å². The monoisotopic (exact) mass is 436 g/mol. The summed E-state index contributed by atoms with van der Waals surface area (Å²) < 4.78 is 4.93. The number of thioether (sulfide) groups is 1. The van der Waals surface area contributed by atoms with Crippen molar-refractivity contribution in [1.29, 1.82) is 0 Å². The molecule has 0 spiro atoms. The van der Waals surface area contributed by atoms with Gasteiger partial charge in [-0.05, 0) is 39.5 Å². The third-order valence-corrected chi connectivity index (χ3v) is 6.93. The molecular formula is C21H32N4O4S. The van der Waals surface area contributed by atoms with Gasteiger partial charge in [-0.1, -0.05) is 24.4 Å². The number of hydrogen-bond acceptors (Lipinski definition) is 6. The molecule has 1 aliphatic heterocycles. The zero-order valence-electron chi connectivity index (χ0n) is 17.8. The first-order chi connectivity index (χ1) is 14.4. The summed E-state index contributed by atoms with van der Waals surface area (Å²) in [5.41, 5.74) is 0. The molecule has 166 valence electrons. The predicted molar refractivity (Wildman–Crippen MR) is 116 cm³/mol. The second kappa shape index (κ2) is 10.8. The van der Waals surface area contributed by atoms with Gasteiger partial charge >= 0.3 is 0 Å². The van der Waals surface area contributed by atoms with Crippen LogP contribution in [0.4, 0.5) is 5.82 Å². The largest absolute Gasteiger partial charge is 0.360 e. The Kier molecular flexibility index (Phi) is 8.18. The molecule has 8 nitrogen and oxygen atoms in total. The van der Waals surface area contributed by atoms with Crippen LogP contribution in [0.15, 0.2) is 10.6 Å². The first-order valence-corrected chi connectivity index (χ1v) is 11.9. The van der Waals surface area contributed by atoms with Gasteiger partial charge in [0, 0.05) is 25.2 Å². The Balaban J connectivity index is 1.41. The van der Waals surface area contributed by atoms with E-state index in [1.54, 1.807) is 24.8 Å². The molecule has 3 rings (SSSR count). The van der Waals surface area contributed by atoms with Crippen molar-refractivity contribution >= 4 is 35.3 Å². The molecule has 2 aliphatic rings. The van der Waals surface area contributed by atoms with Crippen LogP contribution in [-0.4, -0.2) is 57.9 Å². The molecule has 1 aromatic heterocycles. The molecule has 30 heavy (non-hydrogen) atoms. The Morgan fingerprint density at radius 3 is 2.70 bits per heavy atom. The minimum atomic E-state index is -0.402. The number of aryl methyl sites for hydroxylation is 1. The summed E-state index contributed by atoms with van der Waals surface area (Å²) in [7, 11) is 0. The van der Waals surface area contributed by atoms with Crippen LogP contribution in [0.5, 0.6) is 0 Å². The van der Waals surface area contributed by atoms with E-state index in [4.69, 9.17) is 4.52 Å². The van der Waals surface area contributed by atoms with Crippen molar-refractivity contribution in [3.8, 4) is 0 Å². The highest BCUT2D eigenvalue weighted by Gasteiger charge is 2.30. The fourth-order valence-corrected chi connectivity index (χ4v) is 4.79. The van der Waals surface area contributed by atoms with Crippen LogP contribution >= 0.6 is 11.8 Å². The summed E-state index contributed by atoms with van der Waals surface area (Å²) >= 11 is 1.29. The summed E-state index contributed by atoms with van der Waals surface area (Å²) in [4.78, 5) is 39.3. The van der Waals surface area contributed by atoms with Gasteiger partial charge in [-0.25, -0.2) is 0 Å². The standard InChI is InChI=1S/C21H32N4O4S/c1-14-11-18(24-29-14)23-20(27)15(2)30-13-19(26)25-10-6-7-16(12-25)21(28)22-17-8-4-3-5-9-17/h11,15-17H,3-10,12-13H2,1-2H3,(H,22,28)(H,23,24,27). The number of likely N-dealkylation sites (tertiary alicyclic amines) is 1. The number of nitrogens with zero attached hydrogens (tertiary/aromatic N) is 2. The molecule has 1 saturated carbocycles. The van der Waals surface area contributed by atoms with Crippen LogP contribution in [0.3, 0.4) is 0 Å². The highest BCUT2D eigenvalue weighted by molar-refractivity contribution is 8.01. The van der Waals surface area contributed by atoms with E-state index in [0.717, 1.165) is 25.7 Å². The minimum absolute atomic E-state index is 0.0212. The van der Waals surface area contributed by atoms with E-state index in [1.807, 2.05) is 0 Å². The number of hydrogen-bond donors (Lipinski definition) is 2. The minimum Gasteiger partial charge on any atom is -0.360 e. The van der Waals surface area contributed by atoms with Gasteiger partial charge in [0.2, 0.25) is 17.7 Å². The van der Waals surface area contributed by atoms with Crippen molar-refractivity contribution in [2.24, 2.45) is 5.92 Å². The lowest BCUT2D eigenvalue weighted by Crippen LogP contribution is -2.48. The maximum atomic E-state index is 12.7. The fourth-order valence-electron chi connectivity index (χ4n) is 4.00. The Bertz CT molecular complexity index is 747. The Morgan fingerprint density at radius 1 is 1.23 bits per heavy atom. The molecule has 9 heteroatoms. The van der Waals surface area contributed by atoms with E-state index in [2.05, 4.69) is 15.8 Å². The number of carbonyl (C=O) groups is 3. The number of nitrogens with one attached hydrogen (secondary N) is 2. The highest BCUT2D eigenvalue weighted by atomic mass is 32.2. The van der Waals surface area contributed by atoms with Crippen molar-refractivity contribution in [3.05, 3.63) is 11.8 Å². The van der Waals surface area contributed by atoms with Crippen molar-refractivity contribution in [2.45, 2.75) is 70.1 Å². The lowest BCUT2D eigenvalue weighted by atomic mass is 9.93. The molecule has 2 fully saturated rings. The summed E-state index contributed by atoms with van der Waals surface area (Å²) in [6.07, 6.45) is 7.40. The Labute approximate surface area is 181 Å². The number of amides is 3. The Morgan fingerprint density at radius 2 is 2.00 bits per heavy atom. The Hall–Kier alpha value is -2.03. The smallest absolute Gasteiger partial charge is 0.238 e. The summed E-state index contributed by atoms with van der Waals surface area (Å²) in [6, 6.07) is 1.94. The van der Waals surface area contributed by atoms with Gasteiger partial charge in [0.15, 0.2) is 5.82 Å². The molecule has 0 bridgehead atoms. The highest BCUT2D eigenvalue weighted by Crippen LogP contribution is 2.22. The first-order valence-electron chi connectivity index (χ1n) is 10.9. The van der Waals surface area contributed by atoms with Gasteiger partial charge in [0.1, 0.15) is 5.76 Å². The van der Waals surface area contributed by atoms with Crippen molar-refractivity contribution in [3.63, 3.8) is 0 Å². The predicted octanol–water partition coefficient (Wildman–Crippen LogP) is 2.73. The van der Waals surface area contributed by atoms with Crippen molar-refractivity contribution in [1.82, 2.24) is 15.4 Å². The van der Waals surface area contributed by atoms with E-state index in [1.165, 1.54) is 31.0 Å². The zero-order valence-corrected chi connectivity index (χ0v) is 18.6. The van der Waals surface area contributed by atoms with Crippen LogP contribution in [-0.2, 0) is 14.4 Å². The van der Waals surface area contributed by atoms with Crippen LogP contribution in [0.2, 0.25) is 0 Å². The quantitative estimate of drug-likeness (QED) is 0.681. The van der Waals surface area contributed by atoms with E-state index in [-0.39, 0.29) is 29.4 Å². The molecule has 3 amide bonds. The molecule has 1 aliphatic carbocycles. The SMILES string of the molecule is Cc1cc(NC(=O)C(C)SCC(=O)N2CCCC(C(=O)NC3CCCCC3)C2)no1. The zero-order chi connectivity index (χ0) is 21.5. The van der Waals surface area contributed by atoms with Gasteiger partial charge in [-0.3, -0.25) is 14.4 Å². The number of aromatic nitrogens is 1. The summed E-state index contributed by atoms with van der Waals surface area (Å²) in [5.74, 6) is 0.917. The van der Waals surface area contributed by atoms with Crippen LogP contribution < -0.4 is 10.6 Å². The maximum absolute atomic E-state index is 12.7. The van der Waals surface area contributed by atoms with E-state index in [0.29, 0.717) is 30.7 Å². The second-order valence-electron chi connectivity index (χ2n) is 8.29. The van der Waals surface area contributed by atoms with Crippen LogP contribution in [0.25, 0.3) is 0 Å². The third kappa shape index (κ3) is 6.48. The molecule has 0 aromatic carbocycles. The maximum Gasteiger partial charge on any atom is 0.238 e. The molecular weight excluding hydrogens is 404 g/mol. The molecule has 0 radical (unpaired) electrons.